The van der Waals surface area contributed by atoms with Crippen molar-refractivity contribution in [2.24, 2.45) is 0 Å². The molecule has 0 aliphatic carbocycles. The molecule has 0 N–H and O–H groups in total. The molecule has 0 unspecified atom stereocenters. The molecule has 8 heteroatoms. The van der Waals surface area contributed by atoms with Crippen LogP contribution in [0.25, 0.3) is 5.69 Å². The van der Waals surface area contributed by atoms with E-state index < -0.39 is 11.7 Å². The predicted molar refractivity (Wildman–Crippen MR) is 85.5 cm³/mol. The lowest BCUT2D eigenvalue weighted by Gasteiger charge is -2.07. The fraction of sp³-hybridized carbons (Fsp3) is 0.176. The zero-order valence-electron chi connectivity index (χ0n) is 13.5. The van der Waals surface area contributed by atoms with Crippen molar-refractivity contribution in [3.63, 3.8) is 0 Å². The molecule has 0 radical (unpaired) electrons. The molecular weight excluding hydrogens is 323 g/mol. The molecule has 0 aliphatic heterocycles. The summed E-state index contributed by atoms with van der Waals surface area (Å²) in [5.41, 5.74) is 1.85. The highest BCUT2D eigenvalue weighted by Crippen LogP contribution is 2.17. The Kier molecular flexibility index (Phi) is 4.31. The van der Waals surface area contributed by atoms with E-state index in [-0.39, 0.29) is 17.3 Å². The maximum atomic E-state index is 13.0. The number of carbonyl (C=O) groups excluding carboxylic acids is 1. The maximum absolute atomic E-state index is 13.0. The van der Waals surface area contributed by atoms with Crippen LogP contribution in [0.4, 0.5) is 4.39 Å². The second-order valence-electron chi connectivity index (χ2n) is 5.43. The van der Waals surface area contributed by atoms with E-state index in [2.05, 4.69) is 20.2 Å². The molecule has 2 heterocycles. The van der Waals surface area contributed by atoms with E-state index in [1.807, 2.05) is 6.07 Å². The molecule has 0 saturated heterocycles. The highest BCUT2D eigenvalue weighted by molar-refractivity contribution is 6.00. The summed E-state index contributed by atoms with van der Waals surface area (Å²) < 4.78 is 13.0. The Bertz CT molecular complexity index is 953. The number of hydrogen-bond donors (Lipinski definition) is 0. The van der Waals surface area contributed by atoms with Gasteiger partial charge < -0.3 is 0 Å². The SMILES string of the molecule is Cc1cc(C)nc([C@@H](C#N)C(=O)c2cnn(-c3ccc(F)cc3)n2)n1. The van der Waals surface area contributed by atoms with Gasteiger partial charge in [0.25, 0.3) is 0 Å². The number of aromatic nitrogens is 5. The molecule has 0 bridgehead atoms. The Labute approximate surface area is 142 Å². The summed E-state index contributed by atoms with van der Waals surface area (Å²) in [5.74, 6) is -1.96. The normalized spacial score (nSPS) is 11.8. The lowest BCUT2D eigenvalue weighted by Crippen LogP contribution is -2.16. The second kappa shape index (κ2) is 6.57. The monoisotopic (exact) mass is 336 g/mol. The van der Waals surface area contributed by atoms with Crippen molar-refractivity contribution in [2.45, 2.75) is 19.8 Å². The largest absolute Gasteiger partial charge is 0.290 e. The minimum atomic E-state index is -1.17. The van der Waals surface area contributed by atoms with E-state index >= 15 is 0 Å². The minimum Gasteiger partial charge on any atom is -0.290 e. The summed E-state index contributed by atoms with van der Waals surface area (Å²) in [6.07, 6.45) is 1.26. The third-order valence-corrected chi connectivity index (χ3v) is 3.45. The molecule has 25 heavy (non-hydrogen) atoms. The van der Waals surface area contributed by atoms with Crippen molar-refractivity contribution < 1.29 is 9.18 Å². The Morgan fingerprint density at radius 1 is 1.20 bits per heavy atom. The van der Waals surface area contributed by atoms with Crippen LogP contribution in [0.15, 0.2) is 36.5 Å². The number of nitrogens with zero attached hydrogens (tertiary/aromatic N) is 6. The van der Waals surface area contributed by atoms with Crippen LogP contribution in [0, 0.1) is 31.0 Å². The minimum absolute atomic E-state index is 0.0126. The van der Waals surface area contributed by atoms with Gasteiger partial charge in [-0.2, -0.15) is 15.2 Å². The first-order chi connectivity index (χ1) is 12.0. The summed E-state index contributed by atoms with van der Waals surface area (Å²) in [7, 11) is 0. The van der Waals surface area contributed by atoms with Crippen molar-refractivity contribution in [3.8, 4) is 11.8 Å². The van der Waals surface area contributed by atoms with Crippen molar-refractivity contribution in [1.82, 2.24) is 25.0 Å². The van der Waals surface area contributed by atoms with E-state index in [4.69, 9.17) is 0 Å². The zero-order valence-corrected chi connectivity index (χ0v) is 13.5. The molecule has 1 atom stereocenters. The van der Waals surface area contributed by atoms with Crippen LogP contribution in [-0.2, 0) is 0 Å². The lowest BCUT2D eigenvalue weighted by molar-refractivity contribution is 0.0971. The van der Waals surface area contributed by atoms with Crippen LogP contribution < -0.4 is 0 Å². The number of benzene rings is 1. The van der Waals surface area contributed by atoms with Crippen molar-refractivity contribution in [1.29, 1.82) is 5.26 Å². The predicted octanol–water partition coefficient (Wildman–Crippen LogP) is 2.30. The van der Waals surface area contributed by atoms with Gasteiger partial charge in [0.2, 0.25) is 5.78 Å². The first-order valence-corrected chi connectivity index (χ1v) is 7.42. The molecule has 3 rings (SSSR count). The number of nitriles is 1. The molecule has 1 aromatic carbocycles. The van der Waals surface area contributed by atoms with Gasteiger partial charge in [-0.3, -0.25) is 4.79 Å². The van der Waals surface area contributed by atoms with E-state index in [1.54, 1.807) is 19.9 Å². The Balaban J connectivity index is 1.92. The smallest absolute Gasteiger partial charge is 0.209 e. The standard InChI is InChI=1S/C17H13FN6O/c1-10-7-11(2)22-17(21-10)14(8-19)16(25)15-9-20-24(23-15)13-5-3-12(18)4-6-13/h3-7,9,14H,1-2H3/t14-/m0/s1. The van der Waals surface area contributed by atoms with E-state index in [0.717, 1.165) is 0 Å². The Morgan fingerprint density at radius 3 is 2.44 bits per heavy atom. The van der Waals surface area contributed by atoms with Gasteiger partial charge in [0.05, 0.1) is 18.0 Å². The molecule has 124 valence electrons. The molecule has 0 saturated carbocycles. The highest BCUT2D eigenvalue weighted by atomic mass is 19.1. The van der Waals surface area contributed by atoms with Crippen molar-refractivity contribution >= 4 is 5.78 Å². The summed E-state index contributed by atoms with van der Waals surface area (Å²) in [5, 5.41) is 17.5. The Morgan fingerprint density at radius 2 is 1.84 bits per heavy atom. The summed E-state index contributed by atoms with van der Waals surface area (Å²) in [6, 6.07) is 9.18. The number of hydrogen-bond acceptors (Lipinski definition) is 6. The average Bonchev–Trinajstić information content (AvgIpc) is 3.05. The topological polar surface area (TPSA) is 97.3 Å². The van der Waals surface area contributed by atoms with Crippen LogP contribution in [0.3, 0.4) is 0 Å². The fourth-order valence-corrected chi connectivity index (χ4v) is 2.34. The molecule has 3 aromatic rings. The van der Waals surface area contributed by atoms with Gasteiger partial charge in [-0.1, -0.05) is 0 Å². The van der Waals surface area contributed by atoms with Crippen LogP contribution >= 0.6 is 0 Å². The van der Waals surface area contributed by atoms with E-state index in [1.165, 1.54) is 35.3 Å². The van der Waals surface area contributed by atoms with Gasteiger partial charge in [-0.25, -0.2) is 14.4 Å². The summed E-state index contributed by atoms with van der Waals surface area (Å²) in [6.45, 7) is 3.53. The zero-order chi connectivity index (χ0) is 18.0. The number of halogens is 1. The molecular formula is C17H13FN6O. The van der Waals surface area contributed by atoms with Crippen LogP contribution in [0.1, 0.15) is 33.6 Å². The molecule has 7 nitrogen and oxygen atoms in total. The molecule has 0 spiro atoms. The Hall–Kier alpha value is -3.47. The van der Waals surface area contributed by atoms with E-state index in [9.17, 15) is 14.4 Å². The van der Waals surface area contributed by atoms with Crippen LogP contribution in [0.2, 0.25) is 0 Å². The lowest BCUT2D eigenvalue weighted by atomic mass is 10.0. The average molecular weight is 336 g/mol. The molecule has 2 aromatic heterocycles. The second-order valence-corrected chi connectivity index (χ2v) is 5.43. The quantitative estimate of drug-likeness (QED) is 0.678. The summed E-state index contributed by atoms with van der Waals surface area (Å²) >= 11 is 0. The molecule has 0 aliphatic rings. The number of rotatable bonds is 4. The van der Waals surface area contributed by atoms with E-state index in [0.29, 0.717) is 17.1 Å². The summed E-state index contributed by atoms with van der Waals surface area (Å²) in [4.78, 5) is 22.2. The third kappa shape index (κ3) is 3.40. The van der Waals surface area contributed by atoms with Gasteiger partial charge in [0.1, 0.15) is 5.82 Å². The number of aryl methyl sites for hydroxylation is 2. The van der Waals surface area contributed by atoms with Crippen molar-refractivity contribution in [2.75, 3.05) is 0 Å². The van der Waals surface area contributed by atoms with Gasteiger partial charge in [-0.05, 0) is 44.2 Å². The van der Waals surface area contributed by atoms with Crippen LogP contribution in [-0.4, -0.2) is 30.7 Å². The fourth-order valence-electron chi connectivity index (χ4n) is 2.34. The maximum Gasteiger partial charge on any atom is 0.209 e. The van der Waals surface area contributed by atoms with Gasteiger partial charge in [0.15, 0.2) is 17.4 Å². The number of Topliss-reactive ketones (excluding diaryl/α,β-unsaturated/α-hetero) is 1. The van der Waals surface area contributed by atoms with Crippen LogP contribution in [0.5, 0.6) is 0 Å². The molecule has 0 amide bonds. The van der Waals surface area contributed by atoms with Gasteiger partial charge in [0, 0.05) is 11.4 Å². The number of ketones is 1. The highest BCUT2D eigenvalue weighted by Gasteiger charge is 2.27. The van der Waals surface area contributed by atoms with Crippen molar-refractivity contribution in [3.05, 3.63) is 65.3 Å². The molecule has 0 fully saturated rings. The number of carbonyl (C=O) groups is 1. The van der Waals surface area contributed by atoms with Gasteiger partial charge in [-0.15, -0.1) is 5.10 Å². The van der Waals surface area contributed by atoms with Gasteiger partial charge >= 0.3 is 0 Å². The first kappa shape index (κ1) is 16.4. The first-order valence-electron chi connectivity index (χ1n) is 7.42. The third-order valence-electron chi connectivity index (χ3n) is 3.45.